The third kappa shape index (κ3) is 2.35. The minimum atomic E-state index is -1.03. The maximum atomic E-state index is 10.7. The Morgan fingerprint density at radius 2 is 1.92 bits per heavy atom. The average molecular weight is 347 g/mol. The van der Waals surface area contributed by atoms with Crippen molar-refractivity contribution in [2.75, 3.05) is 34.9 Å². The molecule has 0 spiro atoms. The summed E-state index contributed by atoms with van der Waals surface area (Å²) in [4.78, 5) is 2.37. The van der Waals surface area contributed by atoms with E-state index in [0.717, 1.165) is 24.9 Å². The van der Waals surface area contributed by atoms with Crippen molar-refractivity contribution in [2.45, 2.75) is 37.2 Å². The molecule has 1 aliphatic carbocycles. The average Bonchev–Trinajstić information content (AvgIpc) is 3.00. The summed E-state index contributed by atoms with van der Waals surface area (Å²) < 4.78 is 22.6. The summed E-state index contributed by atoms with van der Waals surface area (Å²) in [5, 5.41) is 10.7. The van der Waals surface area contributed by atoms with Gasteiger partial charge < -0.3 is 24.1 Å². The number of ether oxygens (including phenoxy) is 4. The van der Waals surface area contributed by atoms with E-state index < -0.39 is 6.29 Å². The quantitative estimate of drug-likeness (QED) is 0.846. The van der Waals surface area contributed by atoms with E-state index in [1.54, 1.807) is 21.3 Å². The van der Waals surface area contributed by atoms with E-state index >= 15 is 0 Å². The van der Waals surface area contributed by atoms with Gasteiger partial charge in [-0.05, 0) is 31.5 Å². The third-order valence-corrected chi connectivity index (χ3v) is 5.77. The van der Waals surface area contributed by atoms with Gasteiger partial charge in [-0.3, -0.25) is 4.90 Å². The van der Waals surface area contributed by atoms with Crippen LogP contribution in [0.3, 0.4) is 0 Å². The molecule has 4 atom stereocenters. The van der Waals surface area contributed by atoms with Gasteiger partial charge >= 0.3 is 0 Å². The van der Waals surface area contributed by atoms with Gasteiger partial charge in [0.1, 0.15) is 0 Å². The van der Waals surface area contributed by atoms with Crippen LogP contribution < -0.4 is 14.2 Å². The number of likely N-dealkylation sites (tertiary alicyclic amines) is 1. The molecule has 1 saturated heterocycles. The largest absolute Gasteiger partial charge is 0.493 e. The van der Waals surface area contributed by atoms with E-state index in [9.17, 15) is 5.11 Å². The van der Waals surface area contributed by atoms with E-state index in [1.165, 1.54) is 5.57 Å². The van der Waals surface area contributed by atoms with Crippen LogP contribution in [0.1, 0.15) is 36.2 Å². The molecule has 4 rings (SSSR count). The van der Waals surface area contributed by atoms with Crippen LogP contribution in [0.15, 0.2) is 17.7 Å². The zero-order valence-electron chi connectivity index (χ0n) is 15.1. The van der Waals surface area contributed by atoms with E-state index in [-0.39, 0.29) is 18.1 Å². The van der Waals surface area contributed by atoms with Crippen LogP contribution in [0.2, 0.25) is 0 Å². The molecule has 1 N–H and O–H groups in total. The first kappa shape index (κ1) is 16.7. The number of aliphatic hydroxyl groups is 1. The van der Waals surface area contributed by atoms with Crippen molar-refractivity contribution >= 4 is 0 Å². The SMILES string of the molecule is COc1cc2c(c(OC)c1OC)C(O)O[C@@H]1CC=C3CCN(C)[C@H]3[C@H]21. The number of aliphatic hydroxyl groups excluding tert-OH is 1. The lowest BCUT2D eigenvalue weighted by molar-refractivity contribution is -0.163. The van der Waals surface area contributed by atoms with Gasteiger partial charge in [-0.25, -0.2) is 0 Å². The van der Waals surface area contributed by atoms with E-state index in [0.29, 0.717) is 22.8 Å². The van der Waals surface area contributed by atoms with Crippen molar-refractivity contribution in [1.29, 1.82) is 0 Å². The fraction of sp³-hybridized carbons (Fsp3) is 0.579. The van der Waals surface area contributed by atoms with Crippen molar-refractivity contribution in [3.63, 3.8) is 0 Å². The van der Waals surface area contributed by atoms with Gasteiger partial charge in [-0.2, -0.15) is 0 Å². The summed E-state index contributed by atoms with van der Waals surface area (Å²) in [6.45, 7) is 1.04. The van der Waals surface area contributed by atoms with E-state index in [2.05, 4.69) is 18.0 Å². The van der Waals surface area contributed by atoms with Gasteiger partial charge in [0.05, 0.1) is 33.0 Å². The predicted molar refractivity (Wildman–Crippen MR) is 92.4 cm³/mol. The Hall–Kier alpha value is -1.76. The molecule has 25 heavy (non-hydrogen) atoms. The first-order valence-corrected chi connectivity index (χ1v) is 8.66. The molecular weight excluding hydrogens is 322 g/mol. The predicted octanol–water partition coefficient (Wildman–Crippen LogP) is 2.22. The lowest BCUT2D eigenvalue weighted by Crippen LogP contribution is -2.45. The normalized spacial score (nSPS) is 30.8. The van der Waals surface area contributed by atoms with Crippen molar-refractivity contribution in [3.05, 3.63) is 28.8 Å². The highest BCUT2D eigenvalue weighted by atomic mass is 16.6. The monoisotopic (exact) mass is 347 g/mol. The van der Waals surface area contributed by atoms with Gasteiger partial charge in [0.25, 0.3) is 0 Å². The molecule has 2 heterocycles. The van der Waals surface area contributed by atoms with Crippen LogP contribution in [-0.2, 0) is 4.74 Å². The van der Waals surface area contributed by atoms with Crippen LogP contribution in [0.5, 0.6) is 17.2 Å². The Morgan fingerprint density at radius 3 is 2.60 bits per heavy atom. The summed E-state index contributed by atoms with van der Waals surface area (Å²) in [5.41, 5.74) is 3.15. The maximum absolute atomic E-state index is 10.7. The molecule has 0 radical (unpaired) electrons. The highest BCUT2D eigenvalue weighted by Crippen LogP contribution is 2.54. The molecule has 0 bridgehead atoms. The van der Waals surface area contributed by atoms with Crippen LogP contribution >= 0.6 is 0 Å². The third-order valence-electron chi connectivity index (χ3n) is 5.77. The van der Waals surface area contributed by atoms with Crippen LogP contribution in [0.25, 0.3) is 0 Å². The summed E-state index contributed by atoms with van der Waals surface area (Å²) >= 11 is 0. The van der Waals surface area contributed by atoms with Crippen molar-refractivity contribution < 1.29 is 24.1 Å². The standard InChI is InChI=1S/C19H25NO5/c1-20-8-7-10-5-6-12-14(16(10)20)11-9-13(22-2)17(23-3)18(24-4)15(11)19(21)25-12/h5,9,12,14,16,19,21H,6-8H2,1-4H3/t12-,14-,16-,19?/m1/s1. The second kappa shape index (κ2) is 6.20. The smallest absolute Gasteiger partial charge is 0.203 e. The Labute approximate surface area is 147 Å². The number of hydrogen-bond donors (Lipinski definition) is 1. The van der Waals surface area contributed by atoms with Crippen LogP contribution in [0, 0.1) is 0 Å². The Morgan fingerprint density at radius 1 is 1.16 bits per heavy atom. The lowest BCUT2D eigenvalue weighted by Gasteiger charge is -2.44. The minimum absolute atomic E-state index is 0.0559. The molecule has 0 amide bonds. The molecule has 1 aromatic carbocycles. The first-order chi connectivity index (χ1) is 12.1. The fourth-order valence-electron chi connectivity index (χ4n) is 4.69. The molecule has 1 unspecified atom stereocenters. The molecule has 0 aromatic heterocycles. The number of hydrogen-bond acceptors (Lipinski definition) is 6. The van der Waals surface area contributed by atoms with Crippen LogP contribution in [-0.4, -0.2) is 57.1 Å². The zero-order valence-corrected chi connectivity index (χ0v) is 15.1. The Kier molecular flexibility index (Phi) is 4.14. The number of methoxy groups -OCH3 is 3. The second-order valence-electron chi connectivity index (χ2n) is 6.89. The first-order valence-electron chi connectivity index (χ1n) is 8.66. The Balaban J connectivity index is 1.93. The van der Waals surface area contributed by atoms with E-state index in [4.69, 9.17) is 18.9 Å². The zero-order chi connectivity index (χ0) is 17.7. The van der Waals surface area contributed by atoms with Crippen molar-refractivity contribution in [2.24, 2.45) is 0 Å². The lowest BCUT2D eigenvalue weighted by atomic mass is 9.74. The van der Waals surface area contributed by atoms with Gasteiger partial charge in [0.15, 0.2) is 17.8 Å². The fourth-order valence-corrected chi connectivity index (χ4v) is 4.69. The van der Waals surface area contributed by atoms with Gasteiger partial charge in [0, 0.05) is 18.5 Å². The van der Waals surface area contributed by atoms with Crippen molar-refractivity contribution in [1.82, 2.24) is 4.90 Å². The summed E-state index contributed by atoms with van der Waals surface area (Å²) in [5.74, 6) is 1.72. The molecule has 0 saturated carbocycles. The Bertz CT molecular complexity index is 716. The van der Waals surface area contributed by atoms with Gasteiger partial charge in [0.2, 0.25) is 5.75 Å². The minimum Gasteiger partial charge on any atom is -0.493 e. The molecule has 1 aromatic rings. The number of fused-ring (bicyclic) bond motifs is 5. The van der Waals surface area contributed by atoms with Crippen LogP contribution in [0.4, 0.5) is 0 Å². The summed E-state index contributed by atoms with van der Waals surface area (Å²) in [7, 11) is 6.91. The van der Waals surface area contributed by atoms with Gasteiger partial charge in [-0.15, -0.1) is 0 Å². The second-order valence-corrected chi connectivity index (χ2v) is 6.89. The maximum Gasteiger partial charge on any atom is 0.203 e. The molecule has 6 nitrogen and oxygen atoms in total. The number of likely N-dealkylation sites (N-methyl/N-ethyl adjacent to an activating group) is 1. The number of rotatable bonds is 3. The highest BCUT2D eigenvalue weighted by molar-refractivity contribution is 5.62. The van der Waals surface area contributed by atoms with E-state index in [1.807, 2.05) is 6.07 Å². The van der Waals surface area contributed by atoms with Crippen molar-refractivity contribution in [3.8, 4) is 17.2 Å². The molecule has 136 valence electrons. The summed E-state index contributed by atoms with van der Waals surface area (Å²) in [6, 6.07) is 2.27. The molecule has 6 heteroatoms. The highest BCUT2D eigenvalue weighted by Gasteiger charge is 2.48. The molecule has 2 aliphatic heterocycles. The molecule has 1 fully saturated rings. The topological polar surface area (TPSA) is 60.4 Å². The number of benzene rings is 1. The molecule has 3 aliphatic rings. The summed E-state index contributed by atoms with van der Waals surface area (Å²) in [6.07, 6.45) is 3.10. The molecular formula is C19H25NO5. The number of nitrogens with zero attached hydrogens (tertiary/aromatic N) is 1. The van der Waals surface area contributed by atoms with Gasteiger partial charge in [-0.1, -0.05) is 11.6 Å².